The number of benzene rings is 1. The third kappa shape index (κ3) is 2.82. The van der Waals surface area contributed by atoms with Crippen LogP contribution in [0.5, 0.6) is 0 Å². The van der Waals surface area contributed by atoms with Gasteiger partial charge in [-0.25, -0.2) is 9.97 Å². The number of thiophene rings is 1. The second-order valence-corrected chi connectivity index (χ2v) is 8.75. The minimum atomic E-state index is -0.717. The Labute approximate surface area is 168 Å². The fourth-order valence-electron chi connectivity index (χ4n) is 3.78. The van der Waals surface area contributed by atoms with Crippen molar-refractivity contribution in [3.8, 4) is 0 Å². The molecule has 0 bridgehead atoms. The first-order valence-corrected chi connectivity index (χ1v) is 10.9. The molecule has 0 amide bonds. The van der Waals surface area contributed by atoms with Crippen molar-refractivity contribution < 1.29 is 9.90 Å². The maximum absolute atomic E-state index is 11.4. The van der Waals surface area contributed by atoms with Crippen LogP contribution in [0.3, 0.4) is 0 Å². The highest BCUT2D eigenvalue weighted by atomic mass is 32.2. The first-order valence-electron chi connectivity index (χ1n) is 8.90. The first kappa shape index (κ1) is 17.4. The monoisotopic (exact) mass is 411 g/mol. The van der Waals surface area contributed by atoms with Crippen molar-refractivity contribution in [2.45, 2.75) is 24.2 Å². The number of hydrogen-bond donors (Lipinski definition) is 3. The van der Waals surface area contributed by atoms with Crippen molar-refractivity contribution in [1.29, 1.82) is 0 Å². The molecule has 7 nitrogen and oxygen atoms in total. The highest BCUT2D eigenvalue weighted by Gasteiger charge is 2.29. The van der Waals surface area contributed by atoms with Crippen LogP contribution in [-0.2, 0) is 17.6 Å². The van der Waals surface area contributed by atoms with Gasteiger partial charge in [-0.1, -0.05) is 0 Å². The number of aromatic amines is 1. The smallest absolute Gasteiger partial charge is 0.306 e. The van der Waals surface area contributed by atoms with Crippen LogP contribution >= 0.6 is 23.1 Å². The van der Waals surface area contributed by atoms with Gasteiger partial charge < -0.3 is 10.4 Å². The van der Waals surface area contributed by atoms with Crippen LogP contribution in [0.15, 0.2) is 29.6 Å². The number of rotatable bonds is 4. The highest BCUT2D eigenvalue weighted by Crippen LogP contribution is 2.41. The molecule has 5 rings (SSSR count). The number of aryl methyl sites for hydroxylation is 1. The van der Waals surface area contributed by atoms with Crippen molar-refractivity contribution in [2.24, 2.45) is 5.92 Å². The summed E-state index contributed by atoms with van der Waals surface area (Å²) in [6.07, 6.45) is 7.37. The Balaban J connectivity index is 1.60. The fraction of sp³-hybridized carbons (Fsp3) is 0.263. The number of carboxylic acids is 1. The van der Waals surface area contributed by atoms with Crippen LogP contribution < -0.4 is 5.32 Å². The normalized spacial score (nSPS) is 16.4. The zero-order chi connectivity index (χ0) is 19.3. The number of H-pyrrole nitrogens is 1. The molecular weight excluding hydrogens is 394 g/mol. The second-order valence-electron chi connectivity index (χ2n) is 6.82. The number of thioether (sulfide) groups is 1. The minimum absolute atomic E-state index is 0.309. The van der Waals surface area contributed by atoms with Crippen molar-refractivity contribution in [2.75, 3.05) is 11.6 Å². The summed E-state index contributed by atoms with van der Waals surface area (Å²) in [5.74, 6) is -0.253. The summed E-state index contributed by atoms with van der Waals surface area (Å²) >= 11 is 3.24. The van der Waals surface area contributed by atoms with E-state index >= 15 is 0 Å². The average molecular weight is 412 g/mol. The third-order valence-electron chi connectivity index (χ3n) is 5.21. The largest absolute Gasteiger partial charge is 0.481 e. The van der Waals surface area contributed by atoms with Crippen LogP contribution in [0.1, 0.15) is 16.9 Å². The molecule has 1 aliphatic rings. The van der Waals surface area contributed by atoms with Gasteiger partial charge in [0.1, 0.15) is 17.0 Å². The zero-order valence-corrected chi connectivity index (χ0v) is 16.7. The quantitative estimate of drug-likeness (QED) is 0.432. The number of hydrogen-bond acceptors (Lipinski definition) is 7. The molecule has 3 N–H and O–H groups in total. The molecule has 1 atom stereocenters. The van der Waals surface area contributed by atoms with E-state index in [1.807, 2.05) is 6.26 Å². The maximum Gasteiger partial charge on any atom is 0.306 e. The lowest BCUT2D eigenvalue weighted by Crippen LogP contribution is -2.21. The Bertz CT molecular complexity index is 1220. The predicted octanol–water partition coefficient (Wildman–Crippen LogP) is 4.22. The molecule has 0 aliphatic heterocycles. The fourth-order valence-corrected chi connectivity index (χ4v) is 5.61. The topological polar surface area (TPSA) is 104 Å². The molecule has 9 heteroatoms. The lowest BCUT2D eigenvalue weighted by Gasteiger charge is -2.19. The predicted molar refractivity (Wildman–Crippen MR) is 112 cm³/mol. The molecule has 0 spiro atoms. The van der Waals surface area contributed by atoms with E-state index < -0.39 is 5.97 Å². The number of nitrogens with zero attached hydrogens (tertiary/aromatic N) is 3. The van der Waals surface area contributed by atoms with E-state index in [0.717, 1.165) is 48.8 Å². The van der Waals surface area contributed by atoms with Crippen LogP contribution in [0.4, 0.5) is 11.5 Å². The van der Waals surface area contributed by atoms with Gasteiger partial charge in [-0.05, 0) is 43.2 Å². The Kier molecular flexibility index (Phi) is 4.21. The molecule has 0 fully saturated rings. The highest BCUT2D eigenvalue weighted by molar-refractivity contribution is 7.98. The SMILES string of the molecule is CSc1cc2[nH]ncc2cc1Nc1ncnc2sc3c(c12)CCC(C(=O)O)C3. The van der Waals surface area contributed by atoms with Gasteiger partial charge in [0, 0.05) is 15.2 Å². The van der Waals surface area contributed by atoms with Gasteiger partial charge in [0.2, 0.25) is 0 Å². The summed E-state index contributed by atoms with van der Waals surface area (Å²) in [7, 11) is 0. The number of aliphatic carboxylic acids is 1. The summed E-state index contributed by atoms with van der Waals surface area (Å²) < 4.78 is 0. The summed E-state index contributed by atoms with van der Waals surface area (Å²) in [4.78, 5) is 23.5. The molecule has 1 aromatic carbocycles. The molecule has 0 radical (unpaired) electrons. The molecule has 3 aromatic heterocycles. The Morgan fingerprint density at radius 2 is 2.29 bits per heavy atom. The van der Waals surface area contributed by atoms with E-state index in [1.165, 1.54) is 5.56 Å². The summed E-state index contributed by atoms with van der Waals surface area (Å²) in [6.45, 7) is 0. The van der Waals surface area contributed by atoms with E-state index in [4.69, 9.17) is 0 Å². The van der Waals surface area contributed by atoms with Crippen molar-refractivity contribution in [3.63, 3.8) is 0 Å². The van der Waals surface area contributed by atoms with Crippen molar-refractivity contribution in [3.05, 3.63) is 35.1 Å². The van der Waals surface area contributed by atoms with Crippen LogP contribution in [-0.4, -0.2) is 37.5 Å². The zero-order valence-electron chi connectivity index (χ0n) is 15.0. The molecule has 1 unspecified atom stereocenters. The third-order valence-corrected chi connectivity index (χ3v) is 7.15. The number of anilines is 2. The second kappa shape index (κ2) is 6.75. The number of fused-ring (bicyclic) bond motifs is 4. The van der Waals surface area contributed by atoms with Gasteiger partial charge in [-0.2, -0.15) is 5.10 Å². The van der Waals surface area contributed by atoms with E-state index in [1.54, 1.807) is 35.6 Å². The Morgan fingerprint density at radius 3 is 3.11 bits per heavy atom. The number of nitrogens with one attached hydrogen (secondary N) is 2. The van der Waals surface area contributed by atoms with E-state index in [9.17, 15) is 9.90 Å². The molecule has 4 aromatic rings. The van der Waals surface area contributed by atoms with Gasteiger partial charge in [-0.3, -0.25) is 9.89 Å². The maximum atomic E-state index is 11.4. The van der Waals surface area contributed by atoms with Gasteiger partial charge in [0.15, 0.2) is 0 Å². The Morgan fingerprint density at radius 1 is 1.39 bits per heavy atom. The van der Waals surface area contributed by atoms with Crippen LogP contribution in [0.25, 0.3) is 21.1 Å². The van der Waals surface area contributed by atoms with Crippen molar-refractivity contribution >= 4 is 61.7 Å². The molecule has 0 saturated heterocycles. The average Bonchev–Trinajstić information content (AvgIpc) is 3.30. The van der Waals surface area contributed by atoms with Crippen molar-refractivity contribution in [1.82, 2.24) is 20.2 Å². The molecule has 1 aliphatic carbocycles. The van der Waals surface area contributed by atoms with Gasteiger partial charge in [0.25, 0.3) is 0 Å². The van der Waals surface area contributed by atoms with Gasteiger partial charge in [-0.15, -0.1) is 23.1 Å². The minimum Gasteiger partial charge on any atom is -0.481 e. The van der Waals surface area contributed by atoms with Gasteiger partial charge >= 0.3 is 5.97 Å². The first-order chi connectivity index (χ1) is 13.6. The van der Waals surface area contributed by atoms with Crippen LogP contribution in [0, 0.1) is 5.92 Å². The standard InChI is InChI=1S/C19H17N5O2S2/c1-27-15-6-12-10(7-22-24-12)4-13(15)23-17-16-11-3-2-9(19(25)26)5-14(11)28-18(16)21-8-20-17/h4,6-9H,2-3,5H2,1H3,(H,22,24)(H,25,26)(H,20,21,23). The molecular formula is C19H17N5O2S2. The summed E-state index contributed by atoms with van der Waals surface area (Å²) in [6, 6.07) is 4.14. The molecule has 28 heavy (non-hydrogen) atoms. The van der Waals surface area contributed by atoms with Gasteiger partial charge in [0.05, 0.1) is 28.7 Å². The number of aromatic nitrogens is 4. The Hall–Kier alpha value is -2.65. The lowest BCUT2D eigenvalue weighted by molar-refractivity contribution is -0.142. The number of carboxylic acid groups (broad SMARTS) is 1. The molecule has 3 heterocycles. The summed E-state index contributed by atoms with van der Waals surface area (Å²) in [5, 5.41) is 22.0. The van der Waals surface area contributed by atoms with Crippen LogP contribution in [0.2, 0.25) is 0 Å². The lowest BCUT2D eigenvalue weighted by atomic mass is 9.88. The molecule has 0 saturated carbocycles. The number of carbonyl (C=O) groups is 1. The van der Waals surface area contributed by atoms with E-state index in [2.05, 4.69) is 37.6 Å². The summed E-state index contributed by atoms with van der Waals surface area (Å²) in [5.41, 5.74) is 3.16. The van der Waals surface area contributed by atoms with E-state index in [-0.39, 0.29) is 5.92 Å². The molecule has 142 valence electrons. The van der Waals surface area contributed by atoms with E-state index in [0.29, 0.717) is 12.8 Å².